The maximum absolute atomic E-state index is 11.1. The molecule has 1 heterocycles. The zero-order valence-electron chi connectivity index (χ0n) is 6.54. The molecule has 0 aromatic carbocycles. The van der Waals surface area contributed by atoms with Gasteiger partial charge in [-0.05, 0) is 6.42 Å². The average molecular weight is 156 g/mol. The first-order valence-electron chi connectivity index (χ1n) is 3.80. The molecule has 1 atom stereocenters. The summed E-state index contributed by atoms with van der Waals surface area (Å²) in [7, 11) is 0. The van der Waals surface area contributed by atoms with E-state index in [-0.39, 0.29) is 12.0 Å². The van der Waals surface area contributed by atoms with Gasteiger partial charge < -0.3 is 10.2 Å². The minimum Gasteiger partial charge on any atom is -0.382 e. The van der Waals surface area contributed by atoms with E-state index in [1.807, 2.05) is 6.92 Å². The maximum Gasteiger partial charge on any atom is 0.264 e. The third-order valence-electron chi connectivity index (χ3n) is 1.42. The molecule has 1 N–H and O–H groups in total. The van der Waals surface area contributed by atoms with Gasteiger partial charge in [-0.25, -0.2) is 0 Å². The number of amides is 1. The van der Waals surface area contributed by atoms with Crippen molar-refractivity contribution in [1.82, 2.24) is 5.32 Å². The van der Waals surface area contributed by atoms with E-state index in [4.69, 9.17) is 4.84 Å². The largest absolute Gasteiger partial charge is 0.382 e. The van der Waals surface area contributed by atoms with Gasteiger partial charge in [-0.2, -0.15) is 0 Å². The van der Waals surface area contributed by atoms with Crippen molar-refractivity contribution in [3.8, 4) is 0 Å². The van der Waals surface area contributed by atoms with Gasteiger partial charge in [0.15, 0.2) is 0 Å². The van der Waals surface area contributed by atoms with Crippen LogP contribution >= 0.6 is 0 Å². The molecule has 0 spiro atoms. The van der Waals surface area contributed by atoms with Crippen molar-refractivity contribution in [3.63, 3.8) is 0 Å². The molecule has 0 aromatic heterocycles. The zero-order valence-corrected chi connectivity index (χ0v) is 6.54. The Morgan fingerprint density at radius 3 is 3.27 bits per heavy atom. The second kappa shape index (κ2) is 3.95. The van der Waals surface area contributed by atoms with Crippen LogP contribution < -0.4 is 5.32 Å². The van der Waals surface area contributed by atoms with Crippen LogP contribution in [-0.4, -0.2) is 24.8 Å². The Bertz CT molecular complexity index is 160. The number of rotatable bonds is 3. The molecule has 1 aliphatic rings. The fourth-order valence-corrected chi connectivity index (χ4v) is 0.815. The molecule has 1 rings (SSSR count). The topological polar surface area (TPSA) is 50.7 Å². The van der Waals surface area contributed by atoms with Crippen LogP contribution in [0.15, 0.2) is 5.16 Å². The predicted molar refractivity (Wildman–Crippen MR) is 41.3 cm³/mol. The molecule has 62 valence electrons. The molecular formula is C7H12N2O2. The van der Waals surface area contributed by atoms with Crippen LogP contribution in [0.2, 0.25) is 0 Å². The minimum atomic E-state index is -0.387. The summed E-state index contributed by atoms with van der Waals surface area (Å²) in [6.07, 6.45) is 2.76. The Labute approximate surface area is 65.6 Å². The number of nitrogens with one attached hydrogen (secondary N) is 1. The number of carbonyl (C=O) groups is 1. The van der Waals surface area contributed by atoms with Gasteiger partial charge in [-0.15, -0.1) is 0 Å². The maximum atomic E-state index is 11.1. The lowest BCUT2D eigenvalue weighted by Gasteiger charge is -2.07. The third kappa shape index (κ3) is 2.22. The SMILES string of the molecule is CCCNC(=O)C1CC=NO1. The quantitative estimate of drug-likeness (QED) is 0.638. The Morgan fingerprint density at radius 2 is 2.73 bits per heavy atom. The molecule has 0 bridgehead atoms. The lowest BCUT2D eigenvalue weighted by atomic mass is 10.2. The van der Waals surface area contributed by atoms with Crippen molar-refractivity contribution in [3.05, 3.63) is 0 Å². The summed E-state index contributed by atoms with van der Waals surface area (Å²) >= 11 is 0. The molecule has 4 heteroatoms. The van der Waals surface area contributed by atoms with Crippen LogP contribution in [0.5, 0.6) is 0 Å². The molecule has 0 aromatic rings. The van der Waals surface area contributed by atoms with Gasteiger partial charge in [0.25, 0.3) is 5.91 Å². The van der Waals surface area contributed by atoms with Crippen LogP contribution in [0.3, 0.4) is 0 Å². The number of hydrogen-bond donors (Lipinski definition) is 1. The van der Waals surface area contributed by atoms with E-state index in [2.05, 4.69) is 10.5 Å². The highest BCUT2D eigenvalue weighted by atomic mass is 16.6. The normalized spacial score (nSPS) is 21.4. The predicted octanol–water partition coefficient (Wildman–Crippen LogP) is 0.287. The van der Waals surface area contributed by atoms with Crippen LogP contribution in [-0.2, 0) is 9.63 Å². The van der Waals surface area contributed by atoms with E-state index in [1.54, 1.807) is 6.21 Å². The van der Waals surface area contributed by atoms with Crippen molar-refractivity contribution in [1.29, 1.82) is 0 Å². The molecule has 1 amide bonds. The summed E-state index contributed by atoms with van der Waals surface area (Å²) < 4.78 is 0. The standard InChI is InChI=1S/C7H12N2O2/c1-2-4-8-7(10)6-3-5-9-11-6/h5-6H,2-4H2,1H3,(H,8,10). The highest BCUT2D eigenvalue weighted by molar-refractivity contribution is 5.84. The van der Waals surface area contributed by atoms with Gasteiger partial charge in [0.2, 0.25) is 6.10 Å². The Morgan fingerprint density at radius 1 is 1.91 bits per heavy atom. The number of nitrogens with zero attached hydrogens (tertiary/aromatic N) is 1. The smallest absolute Gasteiger partial charge is 0.264 e. The summed E-state index contributed by atoms with van der Waals surface area (Å²) in [6, 6.07) is 0. The lowest BCUT2D eigenvalue weighted by Crippen LogP contribution is -2.34. The molecule has 0 radical (unpaired) electrons. The summed E-state index contributed by atoms with van der Waals surface area (Å²) in [4.78, 5) is 15.9. The Kier molecular flexibility index (Phi) is 2.89. The average Bonchev–Trinajstić information content (AvgIpc) is 2.52. The van der Waals surface area contributed by atoms with Gasteiger partial charge >= 0.3 is 0 Å². The second-order valence-electron chi connectivity index (χ2n) is 2.41. The second-order valence-corrected chi connectivity index (χ2v) is 2.41. The van der Waals surface area contributed by atoms with Gasteiger partial charge in [0, 0.05) is 19.2 Å². The summed E-state index contributed by atoms with van der Waals surface area (Å²) in [5, 5.41) is 6.24. The monoisotopic (exact) mass is 156 g/mol. The number of oxime groups is 1. The number of hydrogen-bond acceptors (Lipinski definition) is 3. The molecule has 0 fully saturated rings. The van der Waals surface area contributed by atoms with Gasteiger partial charge in [-0.1, -0.05) is 12.1 Å². The van der Waals surface area contributed by atoms with E-state index in [0.29, 0.717) is 13.0 Å². The molecule has 0 aliphatic carbocycles. The fraction of sp³-hybridized carbons (Fsp3) is 0.714. The highest BCUT2D eigenvalue weighted by Crippen LogP contribution is 2.03. The first kappa shape index (κ1) is 8.04. The van der Waals surface area contributed by atoms with E-state index in [9.17, 15) is 4.79 Å². The molecule has 4 nitrogen and oxygen atoms in total. The lowest BCUT2D eigenvalue weighted by molar-refractivity contribution is -0.131. The van der Waals surface area contributed by atoms with Crippen LogP contribution in [0.4, 0.5) is 0 Å². The van der Waals surface area contributed by atoms with Gasteiger partial charge in [-0.3, -0.25) is 4.79 Å². The minimum absolute atomic E-state index is 0.0654. The van der Waals surface area contributed by atoms with Crippen molar-refractivity contribution in [2.75, 3.05) is 6.54 Å². The van der Waals surface area contributed by atoms with E-state index >= 15 is 0 Å². The zero-order chi connectivity index (χ0) is 8.10. The molecule has 0 saturated carbocycles. The Hall–Kier alpha value is -1.06. The molecule has 1 unspecified atom stereocenters. The first-order valence-corrected chi connectivity index (χ1v) is 3.80. The molecule has 1 aliphatic heterocycles. The first-order chi connectivity index (χ1) is 5.34. The molecule has 11 heavy (non-hydrogen) atoms. The molecular weight excluding hydrogens is 144 g/mol. The summed E-state index contributed by atoms with van der Waals surface area (Å²) in [5.74, 6) is -0.0654. The Balaban J connectivity index is 2.19. The highest BCUT2D eigenvalue weighted by Gasteiger charge is 2.21. The van der Waals surface area contributed by atoms with Crippen LogP contribution in [0, 0.1) is 0 Å². The van der Waals surface area contributed by atoms with E-state index in [1.165, 1.54) is 0 Å². The van der Waals surface area contributed by atoms with Crippen molar-refractivity contribution >= 4 is 12.1 Å². The van der Waals surface area contributed by atoms with Crippen LogP contribution in [0.25, 0.3) is 0 Å². The summed E-state index contributed by atoms with van der Waals surface area (Å²) in [6.45, 7) is 2.71. The van der Waals surface area contributed by atoms with Crippen molar-refractivity contribution in [2.24, 2.45) is 5.16 Å². The third-order valence-corrected chi connectivity index (χ3v) is 1.42. The van der Waals surface area contributed by atoms with Gasteiger partial charge in [0.05, 0.1) is 0 Å². The van der Waals surface area contributed by atoms with Gasteiger partial charge in [0.1, 0.15) is 0 Å². The fourth-order valence-electron chi connectivity index (χ4n) is 0.815. The summed E-state index contributed by atoms with van der Waals surface area (Å²) in [5.41, 5.74) is 0. The van der Waals surface area contributed by atoms with Crippen molar-refractivity contribution < 1.29 is 9.63 Å². The van der Waals surface area contributed by atoms with Crippen molar-refractivity contribution in [2.45, 2.75) is 25.9 Å². The molecule has 0 saturated heterocycles. The van der Waals surface area contributed by atoms with E-state index < -0.39 is 0 Å². The van der Waals surface area contributed by atoms with Crippen LogP contribution in [0.1, 0.15) is 19.8 Å². The van der Waals surface area contributed by atoms with E-state index in [0.717, 1.165) is 6.42 Å². The number of carbonyl (C=O) groups excluding carboxylic acids is 1.